The van der Waals surface area contributed by atoms with Gasteiger partial charge in [-0.1, -0.05) is 41.5 Å². The second kappa shape index (κ2) is 5.70. The molecule has 0 radical (unpaired) electrons. The number of fused-ring (bicyclic) bond motifs is 1. The van der Waals surface area contributed by atoms with Gasteiger partial charge in [-0.2, -0.15) is 0 Å². The molecule has 0 spiro atoms. The average Bonchev–Trinajstić information content (AvgIpc) is 2.44. The molecule has 1 N–H and O–H groups in total. The Bertz CT molecular complexity index is 593. The maximum Gasteiger partial charge on any atom is 0.0401 e. The second-order valence-electron chi connectivity index (χ2n) is 6.00. The Labute approximate surface area is 122 Å². The summed E-state index contributed by atoms with van der Waals surface area (Å²) < 4.78 is 0. The Morgan fingerprint density at radius 2 is 1.70 bits per heavy atom. The highest BCUT2D eigenvalue weighted by Gasteiger charge is 2.12. The first-order valence-electron chi connectivity index (χ1n) is 7.64. The van der Waals surface area contributed by atoms with Crippen LogP contribution >= 0.6 is 0 Å². The molecule has 0 saturated heterocycles. The van der Waals surface area contributed by atoms with Gasteiger partial charge in [-0.15, -0.1) is 0 Å². The van der Waals surface area contributed by atoms with Crippen molar-refractivity contribution < 1.29 is 0 Å². The van der Waals surface area contributed by atoms with Gasteiger partial charge in [-0.05, 0) is 62.3 Å². The van der Waals surface area contributed by atoms with Crippen LogP contribution in [0.5, 0.6) is 0 Å². The van der Waals surface area contributed by atoms with E-state index in [-0.39, 0.29) is 0 Å². The topological polar surface area (TPSA) is 12.0 Å². The fourth-order valence-corrected chi connectivity index (χ4v) is 3.32. The minimum Gasteiger partial charge on any atom is -0.381 e. The molecule has 20 heavy (non-hydrogen) atoms. The maximum absolute atomic E-state index is 3.64. The average molecular weight is 265 g/mol. The summed E-state index contributed by atoms with van der Waals surface area (Å²) in [7, 11) is 0. The van der Waals surface area contributed by atoms with Gasteiger partial charge < -0.3 is 5.32 Å². The molecule has 1 heteroatoms. The molecule has 0 amide bonds. The maximum atomic E-state index is 3.64. The normalized spacial score (nSPS) is 13.9. The molecule has 0 bridgehead atoms. The van der Waals surface area contributed by atoms with E-state index in [1.807, 2.05) is 0 Å². The molecule has 1 aliphatic rings. The fraction of sp³-hybridized carbons (Fsp3) is 0.368. The molecule has 104 valence electrons. The predicted octanol–water partition coefficient (Wildman–Crippen LogP) is 4.79. The molecule has 3 rings (SSSR count). The van der Waals surface area contributed by atoms with Gasteiger partial charge in [0.1, 0.15) is 0 Å². The number of anilines is 1. The van der Waals surface area contributed by atoms with E-state index in [9.17, 15) is 0 Å². The van der Waals surface area contributed by atoms with Crippen molar-refractivity contribution in [1.29, 1.82) is 0 Å². The van der Waals surface area contributed by atoms with E-state index in [0.717, 1.165) is 6.54 Å². The largest absolute Gasteiger partial charge is 0.381 e. The SMILES string of the molecule is Cc1cc(C)cc(CNc2cccc3c2CCCC3)c1. The Hall–Kier alpha value is -1.76. The molecule has 0 fully saturated rings. The number of rotatable bonds is 3. The Balaban J connectivity index is 1.78. The molecular weight excluding hydrogens is 242 g/mol. The van der Waals surface area contributed by atoms with E-state index in [4.69, 9.17) is 0 Å². The summed E-state index contributed by atoms with van der Waals surface area (Å²) in [5, 5.41) is 3.64. The summed E-state index contributed by atoms with van der Waals surface area (Å²) in [4.78, 5) is 0. The van der Waals surface area contributed by atoms with Crippen LogP contribution < -0.4 is 5.32 Å². The fourth-order valence-electron chi connectivity index (χ4n) is 3.32. The number of hydrogen-bond acceptors (Lipinski definition) is 1. The lowest BCUT2D eigenvalue weighted by Gasteiger charge is -2.20. The van der Waals surface area contributed by atoms with Gasteiger partial charge >= 0.3 is 0 Å². The van der Waals surface area contributed by atoms with Gasteiger partial charge in [0, 0.05) is 12.2 Å². The molecule has 0 aliphatic heterocycles. The molecule has 0 saturated carbocycles. The first kappa shape index (κ1) is 13.2. The number of benzene rings is 2. The van der Waals surface area contributed by atoms with Crippen LogP contribution in [0.3, 0.4) is 0 Å². The summed E-state index contributed by atoms with van der Waals surface area (Å²) in [6.07, 6.45) is 5.14. The molecule has 2 aromatic carbocycles. The Kier molecular flexibility index (Phi) is 3.77. The minimum absolute atomic E-state index is 0.916. The molecule has 0 aromatic heterocycles. The lowest BCUT2D eigenvalue weighted by atomic mass is 9.90. The quantitative estimate of drug-likeness (QED) is 0.841. The zero-order chi connectivity index (χ0) is 13.9. The van der Waals surface area contributed by atoms with E-state index in [1.165, 1.54) is 48.1 Å². The van der Waals surface area contributed by atoms with Crippen LogP contribution in [0.1, 0.15) is 40.7 Å². The van der Waals surface area contributed by atoms with Gasteiger partial charge in [0.15, 0.2) is 0 Å². The van der Waals surface area contributed by atoms with E-state index in [0.29, 0.717) is 0 Å². The molecule has 1 nitrogen and oxygen atoms in total. The monoisotopic (exact) mass is 265 g/mol. The molecule has 2 aromatic rings. The van der Waals surface area contributed by atoms with Gasteiger partial charge in [0.2, 0.25) is 0 Å². The minimum atomic E-state index is 0.916. The summed E-state index contributed by atoms with van der Waals surface area (Å²) in [6.45, 7) is 5.25. The first-order chi connectivity index (χ1) is 9.72. The lowest BCUT2D eigenvalue weighted by molar-refractivity contribution is 0.686. The smallest absolute Gasteiger partial charge is 0.0401 e. The van der Waals surface area contributed by atoms with E-state index < -0.39 is 0 Å². The highest BCUT2D eigenvalue weighted by molar-refractivity contribution is 5.56. The lowest BCUT2D eigenvalue weighted by Crippen LogP contribution is -2.08. The predicted molar refractivity (Wildman–Crippen MR) is 86.3 cm³/mol. The van der Waals surface area contributed by atoms with Gasteiger partial charge in [0.05, 0.1) is 0 Å². The van der Waals surface area contributed by atoms with Crippen molar-refractivity contribution >= 4 is 5.69 Å². The Morgan fingerprint density at radius 3 is 2.50 bits per heavy atom. The zero-order valence-corrected chi connectivity index (χ0v) is 12.5. The van der Waals surface area contributed by atoms with Gasteiger partial charge in [-0.25, -0.2) is 0 Å². The summed E-state index contributed by atoms with van der Waals surface area (Å²) in [6, 6.07) is 13.5. The molecular formula is C19H23N. The molecule has 0 unspecified atom stereocenters. The van der Waals surface area contributed by atoms with Crippen LogP contribution in [0.15, 0.2) is 36.4 Å². The number of aryl methyl sites for hydroxylation is 3. The Morgan fingerprint density at radius 1 is 0.950 bits per heavy atom. The molecule has 1 aliphatic carbocycles. The van der Waals surface area contributed by atoms with Crippen molar-refractivity contribution in [3.8, 4) is 0 Å². The van der Waals surface area contributed by atoms with Crippen molar-refractivity contribution in [3.05, 3.63) is 64.2 Å². The first-order valence-corrected chi connectivity index (χ1v) is 7.64. The number of nitrogens with one attached hydrogen (secondary N) is 1. The van der Waals surface area contributed by atoms with Crippen LogP contribution in [0.25, 0.3) is 0 Å². The standard InChI is InChI=1S/C19H23N/c1-14-10-15(2)12-16(11-14)13-20-19-9-5-7-17-6-3-4-8-18(17)19/h5,7,9-12,20H,3-4,6,8,13H2,1-2H3. The summed E-state index contributed by atoms with van der Waals surface area (Å²) in [5.74, 6) is 0. The van der Waals surface area contributed by atoms with Gasteiger partial charge in [-0.3, -0.25) is 0 Å². The van der Waals surface area contributed by atoms with Crippen molar-refractivity contribution in [3.63, 3.8) is 0 Å². The molecule has 0 atom stereocenters. The van der Waals surface area contributed by atoms with Crippen LogP contribution in [-0.4, -0.2) is 0 Å². The third kappa shape index (κ3) is 2.87. The van der Waals surface area contributed by atoms with E-state index >= 15 is 0 Å². The van der Waals surface area contributed by atoms with Gasteiger partial charge in [0.25, 0.3) is 0 Å². The van der Waals surface area contributed by atoms with Crippen molar-refractivity contribution in [2.45, 2.75) is 46.1 Å². The van der Waals surface area contributed by atoms with Crippen LogP contribution in [0, 0.1) is 13.8 Å². The van der Waals surface area contributed by atoms with E-state index in [1.54, 1.807) is 11.1 Å². The highest BCUT2D eigenvalue weighted by atomic mass is 14.9. The van der Waals surface area contributed by atoms with Crippen LogP contribution in [0.2, 0.25) is 0 Å². The highest BCUT2D eigenvalue weighted by Crippen LogP contribution is 2.28. The third-order valence-corrected chi connectivity index (χ3v) is 4.16. The van der Waals surface area contributed by atoms with Crippen LogP contribution in [-0.2, 0) is 19.4 Å². The zero-order valence-electron chi connectivity index (χ0n) is 12.5. The molecule has 0 heterocycles. The second-order valence-corrected chi connectivity index (χ2v) is 6.00. The van der Waals surface area contributed by atoms with E-state index in [2.05, 4.69) is 55.6 Å². The third-order valence-electron chi connectivity index (χ3n) is 4.16. The summed E-state index contributed by atoms with van der Waals surface area (Å²) >= 11 is 0. The summed E-state index contributed by atoms with van der Waals surface area (Å²) in [5.41, 5.74) is 8.48. The van der Waals surface area contributed by atoms with Crippen molar-refractivity contribution in [2.75, 3.05) is 5.32 Å². The van der Waals surface area contributed by atoms with Crippen molar-refractivity contribution in [2.24, 2.45) is 0 Å². The van der Waals surface area contributed by atoms with Crippen LogP contribution in [0.4, 0.5) is 5.69 Å². The van der Waals surface area contributed by atoms with Crippen molar-refractivity contribution in [1.82, 2.24) is 0 Å². The number of hydrogen-bond donors (Lipinski definition) is 1.